The molecule has 1 fully saturated rings. The normalized spacial score (nSPS) is 15.4. The Kier molecular flexibility index (Phi) is 5.68. The highest BCUT2D eigenvalue weighted by molar-refractivity contribution is 9.10. The number of carbonyl (C=O) groups is 1. The Balaban J connectivity index is 1.53. The van der Waals surface area contributed by atoms with Crippen LogP contribution in [0.2, 0.25) is 0 Å². The molecule has 1 aliphatic rings. The van der Waals surface area contributed by atoms with Crippen molar-refractivity contribution in [2.75, 3.05) is 18.4 Å². The Hall–Kier alpha value is -1.66. The van der Waals surface area contributed by atoms with Gasteiger partial charge in [-0.3, -0.25) is 14.4 Å². The van der Waals surface area contributed by atoms with Gasteiger partial charge in [0.25, 0.3) is 0 Å². The lowest BCUT2D eigenvalue weighted by Gasteiger charge is -2.26. The summed E-state index contributed by atoms with van der Waals surface area (Å²) in [4.78, 5) is 14.6. The van der Waals surface area contributed by atoms with Crippen LogP contribution in [0.3, 0.4) is 0 Å². The van der Waals surface area contributed by atoms with Crippen molar-refractivity contribution in [3.05, 3.63) is 46.2 Å². The molecule has 128 valence electrons. The Morgan fingerprint density at radius 1 is 1.21 bits per heavy atom. The second kappa shape index (κ2) is 7.94. The molecule has 3 rings (SSSR count). The van der Waals surface area contributed by atoms with Gasteiger partial charge in [-0.15, -0.1) is 0 Å². The number of amides is 1. The first-order valence-electron chi connectivity index (χ1n) is 8.41. The number of anilines is 1. The molecule has 0 aliphatic carbocycles. The fourth-order valence-corrected chi connectivity index (χ4v) is 3.29. The quantitative estimate of drug-likeness (QED) is 0.848. The number of benzene rings is 1. The van der Waals surface area contributed by atoms with Gasteiger partial charge in [0.2, 0.25) is 5.91 Å². The van der Waals surface area contributed by atoms with Gasteiger partial charge in [0, 0.05) is 12.2 Å². The SMILES string of the molecule is Cc1c(Br)cnn1CC(=O)Nc1ccc(CN2CCCCC2)cc1. The summed E-state index contributed by atoms with van der Waals surface area (Å²) in [5.41, 5.74) is 3.06. The third-order valence-corrected chi connectivity index (χ3v) is 5.21. The van der Waals surface area contributed by atoms with E-state index >= 15 is 0 Å². The highest BCUT2D eigenvalue weighted by atomic mass is 79.9. The molecule has 1 aromatic carbocycles. The molecule has 1 amide bonds. The molecular formula is C18H23BrN4O. The number of halogens is 1. The lowest BCUT2D eigenvalue weighted by Crippen LogP contribution is -2.29. The van der Waals surface area contributed by atoms with Gasteiger partial charge in [0.15, 0.2) is 0 Å². The Morgan fingerprint density at radius 3 is 2.54 bits per heavy atom. The maximum atomic E-state index is 12.1. The summed E-state index contributed by atoms with van der Waals surface area (Å²) in [5, 5.41) is 7.11. The average molecular weight is 391 g/mol. The molecule has 6 heteroatoms. The fraction of sp³-hybridized carbons (Fsp3) is 0.444. The first-order valence-corrected chi connectivity index (χ1v) is 9.20. The number of likely N-dealkylation sites (tertiary alicyclic amines) is 1. The van der Waals surface area contributed by atoms with Crippen LogP contribution in [0.1, 0.15) is 30.5 Å². The van der Waals surface area contributed by atoms with Gasteiger partial charge in [-0.1, -0.05) is 18.6 Å². The van der Waals surface area contributed by atoms with Gasteiger partial charge in [0.1, 0.15) is 6.54 Å². The summed E-state index contributed by atoms with van der Waals surface area (Å²) in [7, 11) is 0. The molecule has 0 radical (unpaired) electrons. The molecule has 5 nitrogen and oxygen atoms in total. The van der Waals surface area contributed by atoms with Crippen molar-refractivity contribution in [2.45, 2.75) is 39.3 Å². The van der Waals surface area contributed by atoms with Crippen molar-refractivity contribution in [3.63, 3.8) is 0 Å². The Bertz CT molecular complexity index is 690. The van der Waals surface area contributed by atoms with Gasteiger partial charge < -0.3 is 5.32 Å². The predicted octanol–water partition coefficient (Wildman–Crippen LogP) is 3.58. The third kappa shape index (κ3) is 4.45. The minimum Gasteiger partial charge on any atom is -0.324 e. The van der Waals surface area contributed by atoms with Gasteiger partial charge in [-0.2, -0.15) is 5.10 Å². The molecular weight excluding hydrogens is 368 g/mol. The zero-order valence-corrected chi connectivity index (χ0v) is 15.6. The molecule has 2 aromatic rings. The summed E-state index contributed by atoms with van der Waals surface area (Å²) < 4.78 is 2.60. The van der Waals surface area contributed by atoms with Crippen LogP contribution in [-0.4, -0.2) is 33.7 Å². The zero-order valence-electron chi connectivity index (χ0n) is 14.0. The van der Waals surface area contributed by atoms with E-state index in [0.29, 0.717) is 0 Å². The maximum Gasteiger partial charge on any atom is 0.246 e. The van der Waals surface area contributed by atoms with E-state index in [0.717, 1.165) is 22.4 Å². The van der Waals surface area contributed by atoms with Crippen molar-refractivity contribution < 1.29 is 4.79 Å². The average Bonchev–Trinajstić information content (AvgIpc) is 2.90. The number of hydrogen-bond donors (Lipinski definition) is 1. The van der Waals surface area contributed by atoms with Crippen molar-refractivity contribution in [1.29, 1.82) is 0 Å². The molecule has 0 saturated carbocycles. The molecule has 2 heterocycles. The summed E-state index contributed by atoms with van der Waals surface area (Å²) in [5.74, 6) is -0.0718. The van der Waals surface area contributed by atoms with Crippen LogP contribution in [0, 0.1) is 6.92 Å². The summed E-state index contributed by atoms with van der Waals surface area (Å²) >= 11 is 3.40. The second-order valence-electron chi connectivity index (χ2n) is 6.32. The van der Waals surface area contributed by atoms with Crippen LogP contribution >= 0.6 is 15.9 Å². The van der Waals surface area contributed by atoms with Crippen LogP contribution < -0.4 is 5.32 Å². The topological polar surface area (TPSA) is 50.2 Å². The molecule has 1 saturated heterocycles. The molecule has 0 atom stereocenters. The van der Waals surface area contributed by atoms with E-state index in [2.05, 4.69) is 43.4 Å². The molecule has 0 bridgehead atoms. The minimum atomic E-state index is -0.0718. The van der Waals surface area contributed by atoms with E-state index in [1.165, 1.54) is 37.9 Å². The van der Waals surface area contributed by atoms with Gasteiger partial charge in [-0.05, 0) is 66.5 Å². The van der Waals surface area contributed by atoms with E-state index in [4.69, 9.17) is 0 Å². The third-order valence-electron chi connectivity index (χ3n) is 4.43. The first kappa shape index (κ1) is 17.2. The van der Waals surface area contributed by atoms with Crippen molar-refractivity contribution in [3.8, 4) is 0 Å². The number of rotatable bonds is 5. The Labute approximate surface area is 151 Å². The lowest BCUT2D eigenvalue weighted by molar-refractivity contribution is -0.116. The zero-order chi connectivity index (χ0) is 16.9. The number of nitrogens with one attached hydrogen (secondary N) is 1. The van der Waals surface area contributed by atoms with Crippen LogP contribution in [0.15, 0.2) is 34.9 Å². The largest absolute Gasteiger partial charge is 0.324 e. The van der Waals surface area contributed by atoms with Gasteiger partial charge in [-0.25, -0.2) is 0 Å². The number of aromatic nitrogens is 2. The molecule has 1 aliphatic heterocycles. The molecule has 0 unspecified atom stereocenters. The van der Waals surface area contributed by atoms with Gasteiger partial charge >= 0.3 is 0 Å². The summed E-state index contributed by atoms with van der Waals surface area (Å²) in [6.45, 7) is 5.52. The Morgan fingerprint density at radius 2 is 1.92 bits per heavy atom. The minimum absolute atomic E-state index is 0.0718. The number of nitrogens with zero attached hydrogens (tertiary/aromatic N) is 3. The summed E-state index contributed by atoms with van der Waals surface area (Å²) in [6, 6.07) is 8.14. The van der Waals surface area contributed by atoms with E-state index < -0.39 is 0 Å². The van der Waals surface area contributed by atoms with E-state index in [-0.39, 0.29) is 12.5 Å². The first-order chi connectivity index (χ1) is 11.6. The van der Waals surface area contributed by atoms with Crippen LogP contribution in [0.5, 0.6) is 0 Å². The van der Waals surface area contributed by atoms with E-state index in [1.807, 2.05) is 19.1 Å². The van der Waals surface area contributed by atoms with Crippen LogP contribution in [-0.2, 0) is 17.9 Å². The van der Waals surface area contributed by atoms with E-state index in [9.17, 15) is 4.79 Å². The maximum absolute atomic E-state index is 12.1. The number of hydrogen-bond acceptors (Lipinski definition) is 3. The monoisotopic (exact) mass is 390 g/mol. The van der Waals surface area contributed by atoms with Crippen molar-refractivity contribution >= 4 is 27.5 Å². The number of piperidine rings is 1. The predicted molar refractivity (Wildman–Crippen MR) is 98.9 cm³/mol. The van der Waals surface area contributed by atoms with Crippen LogP contribution in [0.25, 0.3) is 0 Å². The molecule has 24 heavy (non-hydrogen) atoms. The standard InChI is InChI=1S/C18H23BrN4O/c1-14-17(19)11-20-23(14)13-18(24)21-16-7-5-15(6-8-16)12-22-9-3-2-4-10-22/h5-8,11H,2-4,9-10,12-13H2,1H3,(H,21,24). The molecule has 0 spiro atoms. The second-order valence-corrected chi connectivity index (χ2v) is 7.17. The fourth-order valence-electron chi connectivity index (χ4n) is 2.99. The smallest absolute Gasteiger partial charge is 0.246 e. The summed E-state index contributed by atoms with van der Waals surface area (Å²) in [6.07, 6.45) is 5.67. The number of carbonyl (C=O) groups excluding carboxylic acids is 1. The molecule has 1 aromatic heterocycles. The van der Waals surface area contributed by atoms with Crippen molar-refractivity contribution in [2.24, 2.45) is 0 Å². The van der Waals surface area contributed by atoms with Gasteiger partial charge in [0.05, 0.1) is 16.4 Å². The lowest BCUT2D eigenvalue weighted by atomic mass is 10.1. The highest BCUT2D eigenvalue weighted by Gasteiger charge is 2.11. The molecule has 1 N–H and O–H groups in total. The van der Waals surface area contributed by atoms with Crippen molar-refractivity contribution in [1.82, 2.24) is 14.7 Å². The van der Waals surface area contributed by atoms with E-state index in [1.54, 1.807) is 10.9 Å². The van der Waals surface area contributed by atoms with Crippen LogP contribution in [0.4, 0.5) is 5.69 Å². The highest BCUT2D eigenvalue weighted by Crippen LogP contribution is 2.16.